The predicted octanol–water partition coefficient (Wildman–Crippen LogP) is 0.809. The Morgan fingerprint density at radius 1 is 1.37 bits per heavy atom. The highest BCUT2D eigenvalue weighted by Gasteiger charge is 2.16. The van der Waals surface area contributed by atoms with Gasteiger partial charge in [0.15, 0.2) is 5.69 Å². The zero-order valence-corrected chi connectivity index (χ0v) is 9.75. The van der Waals surface area contributed by atoms with E-state index < -0.39 is 5.91 Å². The Hall–Kier alpha value is -2.67. The first kappa shape index (κ1) is 11.4. The van der Waals surface area contributed by atoms with Crippen LogP contribution in [0, 0.1) is 0 Å². The quantitative estimate of drug-likeness (QED) is 0.642. The summed E-state index contributed by atoms with van der Waals surface area (Å²) >= 11 is 0. The van der Waals surface area contributed by atoms with E-state index in [1.165, 1.54) is 0 Å². The van der Waals surface area contributed by atoms with Gasteiger partial charge >= 0.3 is 0 Å². The van der Waals surface area contributed by atoms with E-state index >= 15 is 0 Å². The van der Waals surface area contributed by atoms with Crippen molar-refractivity contribution in [3.63, 3.8) is 0 Å². The number of rotatable bonds is 3. The molecule has 1 aromatic carbocycles. The summed E-state index contributed by atoms with van der Waals surface area (Å²) in [5.74, 6) is -0.172. The molecule has 0 aliphatic carbocycles. The van der Waals surface area contributed by atoms with Gasteiger partial charge in [0.05, 0.1) is 0 Å². The van der Waals surface area contributed by atoms with Crippen molar-refractivity contribution in [3.05, 3.63) is 35.7 Å². The lowest BCUT2D eigenvalue weighted by Gasteiger charge is -1.97. The summed E-state index contributed by atoms with van der Waals surface area (Å²) in [5, 5.41) is 19.9. The number of hydrogen-bond acceptors (Lipinski definition) is 5. The Morgan fingerprint density at radius 3 is 2.95 bits per heavy atom. The minimum atomic E-state index is -0.646. The largest absolute Gasteiger partial charge is 0.459 e. The molecule has 0 aliphatic heterocycles. The third kappa shape index (κ3) is 1.85. The number of aliphatic hydroxyl groups is 1. The van der Waals surface area contributed by atoms with Crippen molar-refractivity contribution in [2.75, 3.05) is 0 Å². The average molecular weight is 258 g/mol. The minimum absolute atomic E-state index is 0.0882. The highest BCUT2D eigenvalue weighted by atomic mass is 16.4. The molecule has 0 spiro atoms. The number of H-pyrrole nitrogens is 1. The molecule has 0 bridgehead atoms. The van der Waals surface area contributed by atoms with Gasteiger partial charge in [-0.3, -0.25) is 4.79 Å². The van der Waals surface area contributed by atoms with E-state index in [2.05, 4.69) is 15.4 Å². The number of aliphatic hydroxyl groups excluding tert-OH is 1. The summed E-state index contributed by atoms with van der Waals surface area (Å²) in [5.41, 5.74) is 7.04. The van der Waals surface area contributed by atoms with E-state index in [-0.39, 0.29) is 12.3 Å². The molecule has 0 unspecified atom stereocenters. The molecule has 2 aromatic heterocycles. The lowest BCUT2D eigenvalue weighted by atomic mass is 10.1. The highest BCUT2D eigenvalue weighted by molar-refractivity contribution is 5.97. The van der Waals surface area contributed by atoms with Gasteiger partial charge in [-0.1, -0.05) is 0 Å². The minimum Gasteiger partial charge on any atom is -0.459 e. The average Bonchev–Trinajstić information content (AvgIpc) is 3.03. The molecule has 0 fully saturated rings. The lowest BCUT2D eigenvalue weighted by Crippen LogP contribution is -2.12. The molecule has 4 N–H and O–H groups in total. The van der Waals surface area contributed by atoms with Gasteiger partial charge in [0.25, 0.3) is 5.91 Å². The molecule has 96 valence electrons. The topological polar surface area (TPSA) is 118 Å². The zero-order chi connectivity index (χ0) is 13.4. The Morgan fingerprint density at radius 2 is 2.21 bits per heavy atom. The van der Waals surface area contributed by atoms with Crippen molar-refractivity contribution in [2.24, 2.45) is 5.73 Å². The van der Waals surface area contributed by atoms with Crippen molar-refractivity contribution in [2.45, 2.75) is 6.61 Å². The SMILES string of the molecule is NC(=O)c1n[nH]nc1-c1ccc2oc(CO)cc2c1. The fourth-order valence-electron chi connectivity index (χ4n) is 1.93. The van der Waals surface area contributed by atoms with Gasteiger partial charge in [-0.15, -0.1) is 0 Å². The second kappa shape index (κ2) is 4.21. The normalized spacial score (nSPS) is 11.0. The fraction of sp³-hybridized carbons (Fsp3) is 0.0833. The van der Waals surface area contributed by atoms with Crippen molar-refractivity contribution in [3.8, 4) is 11.3 Å². The Kier molecular flexibility index (Phi) is 2.53. The van der Waals surface area contributed by atoms with Crippen LogP contribution in [-0.2, 0) is 6.61 Å². The standard InChI is InChI=1S/C12H10N4O3/c13-12(18)11-10(14-16-15-11)6-1-2-9-7(3-6)4-8(5-17)19-9/h1-4,17H,5H2,(H2,13,18)(H,14,15,16). The van der Waals surface area contributed by atoms with E-state index in [9.17, 15) is 4.79 Å². The van der Waals surface area contributed by atoms with Crippen molar-refractivity contribution >= 4 is 16.9 Å². The van der Waals surface area contributed by atoms with Gasteiger partial charge in [-0.25, -0.2) is 0 Å². The number of carbonyl (C=O) groups is 1. The van der Waals surface area contributed by atoms with Crippen LogP contribution < -0.4 is 5.73 Å². The van der Waals surface area contributed by atoms with Crippen LogP contribution in [0.25, 0.3) is 22.2 Å². The molecule has 7 heteroatoms. The molecular formula is C12H10N4O3. The van der Waals surface area contributed by atoms with Gasteiger partial charge in [0, 0.05) is 10.9 Å². The van der Waals surface area contributed by atoms with Gasteiger partial charge in [0.1, 0.15) is 23.6 Å². The summed E-state index contributed by atoms with van der Waals surface area (Å²) < 4.78 is 5.38. The number of hydrogen-bond donors (Lipinski definition) is 3. The van der Waals surface area contributed by atoms with Gasteiger partial charge in [-0.05, 0) is 24.3 Å². The Bertz CT molecular complexity index is 759. The molecule has 0 atom stereocenters. The number of amides is 1. The maximum atomic E-state index is 11.2. The summed E-state index contributed by atoms with van der Waals surface area (Å²) in [6.07, 6.45) is 0. The number of aromatic nitrogens is 3. The maximum Gasteiger partial charge on any atom is 0.271 e. The lowest BCUT2D eigenvalue weighted by molar-refractivity contribution is 0.0996. The van der Waals surface area contributed by atoms with Gasteiger partial charge in [-0.2, -0.15) is 15.4 Å². The molecule has 3 aromatic rings. The Balaban J connectivity index is 2.14. The molecule has 3 rings (SSSR count). The van der Waals surface area contributed by atoms with E-state index in [0.717, 1.165) is 5.39 Å². The molecular weight excluding hydrogens is 248 g/mol. The number of carbonyl (C=O) groups excluding carboxylic acids is 1. The molecule has 7 nitrogen and oxygen atoms in total. The summed E-state index contributed by atoms with van der Waals surface area (Å²) in [6, 6.07) is 7.01. The first-order chi connectivity index (χ1) is 9.19. The maximum absolute atomic E-state index is 11.2. The number of nitrogens with two attached hydrogens (primary N) is 1. The van der Waals surface area contributed by atoms with Crippen LogP contribution in [0.2, 0.25) is 0 Å². The predicted molar refractivity (Wildman–Crippen MR) is 66.0 cm³/mol. The first-order valence-corrected chi connectivity index (χ1v) is 5.53. The molecule has 0 saturated carbocycles. The number of nitrogens with zero attached hydrogens (tertiary/aromatic N) is 2. The molecule has 0 saturated heterocycles. The number of nitrogens with one attached hydrogen (secondary N) is 1. The summed E-state index contributed by atoms with van der Waals surface area (Å²) in [4.78, 5) is 11.2. The van der Waals surface area contributed by atoms with Crippen LogP contribution in [0.5, 0.6) is 0 Å². The zero-order valence-electron chi connectivity index (χ0n) is 9.75. The number of aromatic amines is 1. The number of benzene rings is 1. The number of primary amides is 1. The van der Waals surface area contributed by atoms with Crippen LogP contribution in [0.1, 0.15) is 16.2 Å². The molecule has 1 amide bonds. The van der Waals surface area contributed by atoms with Gasteiger partial charge in [0.2, 0.25) is 0 Å². The molecule has 0 radical (unpaired) electrons. The van der Waals surface area contributed by atoms with Crippen molar-refractivity contribution < 1.29 is 14.3 Å². The smallest absolute Gasteiger partial charge is 0.271 e. The number of furan rings is 1. The van der Waals surface area contributed by atoms with Gasteiger partial charge < -0.3 is 15.3 Å². The van der Waals surface area contributed by atoms with E-state index in [0.29, 0.717) is 22.6 Å². The first-order valence-electron chi connectivity index (χ1n) is 5.53. The molecule has 19 heavy (non-hydrogen) atoms. The van der Waals surface area contributed by atoms with E-state index in [1.807, 2.05) is 0 Å². The summed E-state index contributed by atoms with van der Waals surface area (Å²) in [7, 11) is 0. The van der Waals surface area contributed by atoms with Crippen molar-refractivity contribution in [1.29, 1.82) is 0 Å². The fourth-order valence-corrected chi connectivity index (χ4v) is 1.93. The molecule has 2 heterocycles. The van der Waals surface area contributed by atoms with E-state index in [1.54, 1.807) is 24.3 Å². The Labute approximate surface area is 107 Å². The van der Waals surface area contributed by atoms with Crippen LogP contribution >= 0.6 is 0 Å². The van der Waals surface area contributed by atoms with Crippen LogP contribution in [0.15, 0.2) is 28.7 Å². The third-order valence-corrected chi connectivity index (χ3v) is 2.78. The van der Waals surface area contributed by atoms with Crippen LogP contribution in [-0.4, -0.2) is 26.4 Å². The van der Waals surface area contributed by atoms with Crippen molar-refractivity contribution in [1.82, 2.24) is 15.4 Å². The summed E-state index contributed by atoms with van der Waals surface area (Å²) in [6.45, 7) is -0.166. The monoisotopic (exact) mass is 258 g/mol. The third-order valence-electron chi connectivity index (χ3n) is 2.78. The van der Waals surface area contributed by atoms with E-state index in [4.69, 9.17) is 15.3 Å². The highest BCUT2D eigenvalue weighted by Crippen LogP contribution is 2.26. The van der Waals surface area contributed by atoms with Crippen LogP contribution in [0.4, 0.5) is 0 Å². The second-order valence-corrected chi connectivity index (χ2v) is 4.01. The second-order valence-electron chi connectivity index (χ2n) is 4.01. The molecule has 0 aliphatic rings. The van der Waals surface area contributed by atoms with Crippen LogP contribution in [0.3, 0.4) is 0 Å². The number of fused-ring (bicyclic) bond motifs is 1.